The fraction of sp³-hybridized carbons (Fsp3) is 0.462. The van der Waals surface area contributed by atoms with Gasteiger partial charge in [-0.05, 0) is 55.9 Å². The molecule has 1 aromatic rings. The topological polar surface area (TPSA) is 43.1 Å². The molecule has 1 aliphatic rings. The normalized spacial score (nSPS) is 19.8. The molecule has 80 valence electrons. The Morgan fingerprint density at radius 3 is 2.80 bits per heavy atom. The van der Waals surface area contributed by atoms with Crippen molar-refractivity contribution in [3.63, 3.8) is 0 Å². The van der Waals surface area contributed by atoms with Crippen LogP contribution in [0, 0.1) is 6.92 Å². The van der Waals surface area contributed by atoms with E-state index >= 15 is 0 Å². The summed E-state index contributed by atoms with van der Waals surface area (Å²) in [5.74, 6) is 0.148. The van der Waals surface area contributed by atoms with Crippen LogP contribution in [0.5, 0.6) is 0 Å². The van der Waals surface area contributed by atoms with Gasteiger partial charge in [-0.2, -0.15) is 0 Å². The van der Waals surface area contributed by atoms with Crippen LogP contribution in [-0.2, 0) is 12.8 Å². The van der Waals surface area contributed by atoms with Crippen LogP contribution in [0.25, 0.3) is 0 Å². The van der Waals surface area contributed by atoms with Gasteiger partial charge >= 0.3 is 0 Å². The molecule has 0 fully saturated rings. The van der Waals surface area contributed by atoms with Crippen LogP contribution in [0.2, 0.25) is 0 Å². The summed E-state index contributed by atoms with van der Waals surface area (Å²) >= 11 is 0. The Bertz CT molecular complexity index is 409. The molecule has 0 aromatic heterocycles. The molecule has 0 amide bonds. The lowest BCUT2D eigenvalue weighted by atomic mass is 9.85. The quantitative estimate of drug-likeness (QED) is 0.709. The Morgan fingerprint density at radius 1 is 1.40 bits per heavy atom. The molecule has 0 aliphatic heterocycles. The van der Waals surface area contributed by atoms with Crippen molar-refractivity contribution < 1.29 is 4.79 Å². The van der Waals surface area contributed by atoms with Crippen LogP contribution in [0.4, 0.5) is 0 Å². The highest BCUT2D eigenvalue weighted by atomic mass is 16.1. The van der Waals surface area contributed by atoms with Crippen molar-refractivity contribution in [2.24, 2.45) is 5.73 Å². The Hall–Kier alpha value is -1.15. The summed E-state index contributed by atoms with van der Waals surface area (Å²) in [5.41, 5.74) is 10.5. The number of hydrogen-bond donors (Lipinski definition) is 1. The Labute approximate surface area is 90.5 Å². The maximum absolute atomic E-state index is 11.4. The first-order valence-electron chi connectivity index (χ1n) is 5.47. The van der Waals surface area contributed by atoms with Crippen molar-refractivity contribution in [2.45, 2.75) is 39.2 Å². The van der Waals surface area contributed by atoms with Gasteiger partial charge in [-0.3, -0.25) is 4.79 Å². The molecule has 2 rings (SSSR count). The van der Waals surface area contributed by atoms with Gasteiger partial charge in [0, 0.05) is 11.6 Å². The lowest BCUT2D eigenvalue weighted by Crippen LogP contribution is -2.28. The number of nitrogens with two attached hydrogens (primary N) is 1. The molecule has 1 atom stereocenters. The van der Waals surface area contributed by atoms with Crippen LogP contribution in [-0.4, -0.2) is 11.8 Å². The molecule has 2 N–H and O–H groups in total. The summed E-state index contributed by atoms with van der Waals surface area (Å²) in [6.07, 6.45) is 3.03. The largest absolute Gasteiger partial charge is 0.327 e. The fourth-order valence-electron chi connectivity index (χ4n) is 2.34. The first-order valence-corrected chi connectivity index (χ1v) is 5.47. The zero-order valence-corrected chi connectivity index (χ0v) is 9.34. The summed E-state index contributed by atoms with van der Waals surface area (Å²) in [5, 5.41) is 0. The molecule has 0 saturated heterocycles. The highest BCUT2D eigenvalue weighted by molar-refractivity contribution is 5.95. The summed E-state index contributed by atoms with van der Waals surface area (Å²) in [7, 11) is 0. The summed E-state index contributed by atoms with van der Waals surface area (Å²) in [6.45, 7) is 3.63. The van der Waals surface area contributed by atoms with Crippen molar-refractivity contribution in [1.29, 1.82) is 0 Å². The van der Waals surface area contributed by atoms with Crippen molar-refractivity contribution in [1.82, 2.24) is 0 Å². The van der Waals surface area contributed by atoms with Gasteiger partial charge in [-0.15, -0.1) is 0 Å². The number of carbonyl (C=O) groups is 1. The minimum atomic E-state index is 0.148. The number of rotatable bonds is 1. The predicted octanol–water partition coefficient (Wildman–Crippen LogP) is 2.01. The second kappa shape index (κ2) is 3.78. The lowest BCUT2D eigenvalue weighted by molar-refractivity contribution is 0.101. The van der Waals surface area contributed by atoms with Gasteiger partial charge in [-0.1, -0.05) is 6.07 Å². The maximum Gasteiger partial charge on any atom is 0.160 e. The number of Topliss-reactive ketones (excluding diaryl/α,β-unsaturated/α-hetero) is 1. The van der Waals surface area contributed by atoms with E-state index in [1.807, 2.05) is 13.0 Å². The number of carbonyl (C=O) groups excluding carboxylic acids is 1. The van der Waals surface area contributed by atoms with Crippen molar-refractivity contribution >= 4 is 5.78 Å². The monoisotopic (exact) mass is 203 g/mol. The molecule has 2 nitrogen and oxygen atoms in total. The Balaban J connectivity index is 2.47. The van der Waals surface area contributed by atoms with E-state index in [9.17, 15) is 4.79 Å². The van der Waals surface area contributed by atoms with Gasteiger partial charge < -0.3 is 5.73 Å². The van der Waals surface area contributed by atoms with Crippen LogP contribution in [0.3, 0.4) is 0 Å². The van der Waals surface area contributed by atoms with Crippen LogP contribution in [0.15, 0.2) is 12.1 Å². The smallest absolute Gasteiger partial charge is 0.160 e. The third kappa shape index (κ3) is 1.95. The van der Waals surface area contributed by atoms with E-state index in [0.717, 1.165) is 30.4 Å². The molecule has 0 saturated carbocycles. The highest BCUT2D eigenvalue weighted by Gasteiger charge is 2.17. The molecule has 0 radical (unpaired) electrons. The van der Waals surface area contributed by atoms with Crippen molar-refractivity contribution in [2.75, 3.05) is 0 Å². The van der Waals surface area contributed by atoms with Gasteiger partial charge in [0.05, 0.1) is 0 Å². The standard InChI is InChI=1S/C13H17NO/c1-8-5-10-3-4-12(14)6-11(10)7-13(8)9(2)15/h5,7,12H,3-4,6,14H2,1-2H3/t12-/m1/s1. The van der Waals surface area contributed by atoms with E-state index in [0.29, 0.717) is 0 Å². The van der Waals surface area contributed by atoms with Crippen LogP contribution < -0.4 is 5.73 Å². The van der Waals surface area contributed by atoms with E-state index < -0.39 is 0 Å². The van der Waals surface area contributed by atoms with Crippen molar-refractivity contribution in [3.8, 4) is 0 Å². The van der Waals surface area contributed by atoms with Crippen molar-refractivity contribution in [3.05, 3.63) is 34.4 Å². The molecule has 0 unspecified atom stereocenters. The lowest BCUT2D eigenvalue weighted by Gasteiger charge is -2.22. The number of hydrogen-bond acceptors (Lipinski definition) is 2. The highest BCUT2D eigenvalue weighted by Crippen LogP contribution is 2.24. The number of benzene rings is 1. The van der Waals surface area contributed by atoms with Gasteiger partial charge in [-0.25, -0.2) is 0 Å². The number of fused-ring (bicyclic) bond motifs is 1. The zero-order valence-electron chi connectivity index (χ0n) is 9.34. The molecule has 0 bridgehead atoms. The first-order chi connectivity index (χ1) is 7.08. The van der Waals surface area contributed by atoms with E-state index in [1.165, 1.54) is 11.1 Å². The number of ketones is 1. The summed E-state index contributed by atoms with van der Waals surface area (Å²) in [4.78, 5) is 11.4. The molecule has 0 spiro atoms. The molecule has 0 heterocycles. The van der Waals surface area contributed by atoms with Gasteiger partial charge in [0.2, 0.25) is 0 Å². The van der Waals surface area contributed by atoms with Gasteiger partial charge in [0.25, 0.3) is 0 Å². The maximum atomic E-state index is 11.4. The van der Waals surface area contributed by atoms with E-state index in [-0.39, 0.29) is 11.8 Å². The third-order valence-corrected chi connectivity index (χ3v) is 3.19. The minimum Gasteiger partial charge on any atom is -0.327 e. The minimum absolute atomic E-state index is 0.148. The summed E-state index contributed by atoms with van der Waals surface area (Å²) < 4.78 is 0. The molecule has 15 heavy (non-hydrogen) atoms. The van der Waals surface area contributed by atoms with Crippen LogP contribution in [0.1, 0.15) is 40.4 Å². The third-order valence-electron chi connectivity index (χ3n) is 3.19. The van der Waals surface area contributed by atoms with Gasteiger partial charge in [0.15, 0.2) is 5.78 Å². The van der Waals surface area contributed by atoms with E-state index in [4.69, 9.17) is 5.73 Å². The zero-order chi connectivity index (χ0) is 11.0. The Kier molecular flexibility index (Phi) is 2.61. The predicted molar refractivity (Wildman–Crippen MR) is 61.2 cm³/mol. The molecular weight excluding hydrogens is 186 g/mol. The second-order valence-electron chi connectivity index (χ2n) is 4.49. The Morgan fingerprint density at radius 2 is 2.13 bits per heavy atom. The van der Waals surface area contributed by atoms with Crippen LogP contribution >= 0.6 is 0 Å². The number of aryl methyl sites for hydroxylation is 2. The molecule has 1 aromatic carbocycles. The van der Waals surface area contributed by atoms with E-state index in [1.54, 1.807) is 6.92 Å². The van der Waals surface area contributed by atoms with E-state index in [2.05, 4.69) is 6.07 Å². The first kappa shape index (κ1) is 10.4. The molecule has 2 heteroatoms. The second-order valence-corrected chi connectivity index (χ2v) is 4.49. The van der Waals surface area contributed by atoms with Gasteiger partial charge in [0.1, 0.15) is 0 Å². The average molecular weight is 203 g/mol. The fourth-order valence-corrected chi connectivity index (χ4v) is 2.34. The molecular formula is C13H17NO. The summed E-state index contributed by atoms with van der Waals surface area (Å²) in [6, 6.07) is 4.45. The average Bonchev–Trinajstić information content (AvgIpc) is 2.17. The molecule has 1 aliphatic carbocycles. The SMILES string of the molecule is CC(=O)c1cc2c(cc1C)CC[C@@H](N)C2.